The third-order valence-corrected chi connectivity index (χ3v) is 4.87. The molecule has 6 heteroatoms. The van der Waals surface area contributed by atoms with Crippen LogP contribution in [0.1, 0.15) is 21.5 Å². The van der Waals surface area contributed by atoms with Crippen LogP contribution in [0.3, 0.4) is 0 Å². The highest BCUT2D eigenvalue weighted by Crippen LogP contribution is 2.30. The zero-order valence-electron chi connectivity index (χ0n) is 14.8. The molecule has 0 spiro atoms. The second-order valence-electron chi connectivity index (χ2n) is 6.62. The van der Waals surface area contributed by atoms with Crippen LogP contribution in [0.5, 0.6) is 0 Å². The third kappa shape index (κ3) is 3.34. The van der Waals surface area contributed by atoms with Crippen LogP contribution in [0.2, 0.25) is 0 Å². The Morgan fingerprint density at radius 2 is 1.58 bits per heavy atom. The minimum atomic E-state index is -1.99. The minimum absolute atomic E-state index is 0.111. The fraction of sp³-hybridized carbons (Fsp3) is 0.300. The first-order chi connectivity index (χ1) is 12.4. The molecule has 2 amide bonds. The zero-order chi connectivity index (χ0) is 18.7. The molecule has 1 heterocycles. The van der Waals surface area contributed by atoms with E-state index >= 15 is 0 Å². The first-order valence-corrected chi connectivity index (χ1v) is 8.59. The van der Waals surface area contributed by atoms with Crippen LogP contribution in [0.25, 0.3) is 0 Å². The molecule has 3 rings (SSSR count). The molecular formula is C20H23N3O3. The van der Waals surface area contributed by atoms with Gasteiger partial charge in [-0.15, -0.1) is 0 Å². The fourth-order valence-electron chi connectivity index (χ4n) is 3.20. The Bertz CT molecular complexity index is 801. The van der Waals surface area contributed by atoms with Gasteiger partial charge in [0.1, 0.15) is 0 Å². The summed E-state index contributed by atoms with van der Waals surface area (Å²) in [5, 5.41) is 11.1. The van der Waals surface area contributed by atoms with Gasteiger partial charge in [0.25, 0.3) is 11.8 Å². The molecule has 1 aliphatic rings. The number of likely N-dealkylation sites (N-methyl/N-ethyl adjacent to an activating group) is 1. The molecule has 0 aliphatic carbocycles. The average Bonchev–Trinajstić information content (AvgIpc) is 2.68. The topological polar surface area (TPSA) is 86.9 Å². The number of piperazine rings is 1. The Hall–Kier alpha value is -2.70. The number of hydrogen-bond donors (Lipinski definition) is 2. The van der Waals surface area contributed by atoms with E-state index < -0.39 is 11.5 Å². The largest absolute Gasteiger partial charge is 0.372 e. The fourth-order valence-corrected chi connectivity index (χ4v) is 3.20. The van der Waals surface area contributed by atoms with Gasteiger partial charge in [-0.05, 0) is 30.3 Å². The van der Waals surface area contributed by atoms with E-state index in [1.807, 2.05) is 7.05 Å². The molecule has 0 aromatic heterocycles. The predicted molar refractivity (Wildman–Crippen MR) is 98.5 cm³/mol. The Balaban J connectivity index is 1.95. The van der Waals surface area contributed by atoms with Crippen LogP contribution in [0.15, 0.2) is 54.6 Å². The number of carbonyl (C=O) groups excluding carboxylic acids is 2. The number of amides is 2. The van der Waals surface area contributed by atoms with Gasteiger partial charge in [0.05, 0.1) is 0 Å². The number of rotatable bonds is 4. The van der Waals surface area contributed by atoms with E-state index in [-0.39, 0.29) is 11.5 Å². The van der Waals surface area contributed by atoms with Crippen LogP contribution >= 0.6 is 0 Å². The van der Waals surface area contributed by atoms with Crippen molar-refractivity contribution < 1.29 is 14.7 Å². The molecule has 1 saturated heterocycles. The van der Waals surface area contributed by atoms with Gasteiger partial charge in [0, 0.05) is 31.7 Å². The van der Waals surface area contributed by atoms with Crippen molar-refractivity contribution in [3.05, 3.63) is 71.3 Å². The molecule has 1 aliphatic heterocycles. The van der Waals surface area contributed by atoms with Crippen molar-refractivity contribution in [2.45, 2.75) is 5.60 Å². The van der Waals surface area contributed by atoms with Crippen molar-refractivity contribution in [2.75, 3.05) is 33.2 Å². The van der Waals surface area contributed by atoms with Gasteiger partial charge < -0.3 is 20.6 Å². The SMILES string of the molecule is CN1CCN(C(=O)c2cccc(C(O)(C(N)=O)c3ccccc3)c2)CC1. The Morgan fingerprint density at radius 3 is 2.19 bits per heavy atom. The lowest BCUT2D eigenvalue weighted by Crippen LogP contribution is -2.47. The summed E-state index contributed by atoms with van der Waals surface area (Å²) >= 11 is 0. The number of carbonyl (C=O) groups is 2. The molecule has 1 atom stereocenters. The second-order valence-corrected chi connectivity index (χ2v) is 6.62. The van der Waals surface area contributed by atoms with Crippen molar-refractivity contribution in [2.24, 2.45) is 5.73 Å². The summed E-state index contributed by atoms with van der Waals surface area (Å²) in [6.45, 7) is 2.94. The summed E-state index contributed by atoms with van der Waals surface area (Å²) in [6, 6.07) is 15.0. The van der Waals surface area contributed by atoms with E-state index in [0.29, 0.717) is 24.2 Å². The minimum Gasteiger partial charge on any atom is -0.372 e. The first-order valence-electron chi connectivity index (χ1n) is 8.59. The van der Waals surface area contributed by atoms with Crippen LogP contribution in [-0.4, -0.2) is 59.9 Å². The van der Waals surface area contributed by atoms with E-state index in [2.05, 4.69) is 4.90 Å². The second kappa shape index (κ2) is 7.27. The van der Waals surface area contributed by atoms with Crippen LogP contribution in [0, 0.1) is 0 Å². The van der Waals surface area contributed by atoms with Crippen molar-refractivity contribution >= 4 is 11.8 Å². The molecule has 2 aromatic rings. The normalized spacial score (nSPS) is 17.5. The summed E-state index contributed by atoms with van der Waals surface area (Å²) in [6.07, 6.45) is 0. The molecule has 0 saturated carbocycles. The van der Waals surface area contributed by atoms with Crippen LogP contribution < -0.4 is 5.73 Å². The van der Waals surface area contributed by atoms with Gasteiger partial charge >= 0.3 is 0 Å². The molecule has 136 valence electrons. The van der Waals surface area contributed by atoms with E-state index in [4.69, 9.17) is 5.73 Å². The molecule has 0 radical (unpaired) electrons. The summed E-state index contributed by atoms with van der Waals surface area (Å²) in [5.74, 6) is -0.993. The molecule has 1 unspecified atom stereocenters. The number of benzene rings is 2. The van der Waals surface area contributed by atoms with Crippen molar-refractivity contribution in [3.63, 3.8) is 0 Å². The molecular weight excluding hydrogens is 330 g/mol. The van der Waals surface area contributed by atoms with E-state index in [1.54, 1.807) is 59.5 Å². The van der Waals surface area contributed by atoms with Gasteiger partial charge in [-0.1, -0.05) is 42.5 Å². The number of primary amides is 1. The Labute approximate surface area is 152 Å². The van der Waals surface area contributed by atoms with E-state index in [9.17, 15) is 14.7 Å². The highest BCUT2D eigenvalue weighted by Gasteiger charge is 2.38. The smallest absolute Gasteiger partial charge is 0.258 e. The third-order valence-electron chi connectivity index (χ3n) is 4.87. The van der Waals surface area contributed by atoms with Crippen LogP contribution in [-0.2, 0) is 10.4 Å². The lowest BCUT2D eigenvalue weighted by molar-refractivity contribution is -0.133. The van der Waals surface area contributed by atoms with Gasteiger partial charge in [-0.25, -0.2) is 0 Å². The predicted octanol–water partition coefficient (Wildman–Crippen LogP) is 0.795. The van der Waals surface area contributed by atoms with Crippen molar-refractivity contribution in [3.8, 4) is 0 Å². The summed E-state index contributed by atoms with van der Waals surface area (Å²) < 4.78 is 0. The van der Waals surface area contributed by atoms with Crippen molar-refractivity contribution in [1.82, 2.24) is 9.80 Å². The van der Waals surface area contributed by atoms with Gasteiger partial charge in [0.15, 0.2) is 5.60 Å². The molecule has 3 N–H and O–H groups in total. The molecule has 0 bridgehead atoms. The maximum atomic E-state index is 12.8. The summed E-state index contributed by atoms with van der Waals surface area (Å²) in [7, 11) is 2.02. The van der Waals surface area contributed by atoms with Crippen LogP contribution in [0.4, 0.5) is 0 Å². The van der Waals surface area contributed by atoms with E-state index in [0.717, 1.165) is 13.1 Å². The number of nitrogens with zero attached hydrogens (tertiary/aromatic N) is 2. The Morgan fingerprint density at radius 1 is 0.962 bits per heavy atom. The summed E-state index contributed by atoms with van der Waals surface area (Å²) in [5.41, 5.74) is 4.64. The summed E-state index contributed by atoms with van der Waals surface area (Å²) in [4.78, 5) is 28.9. The molecule has 6 nitrogen and oxygen atoms in total. The highest BCUT2D eigenvalue weighted by atomic mass is 16.3. The lowest BCUT2D eigenvalue weighted by atomic mass is 9.85. The molecule has 1 fully saturated rings. The van der Waals surface area contributed by atoms with Gasteiger partial charge in [-0.2, -0.15) is 0 Å². The zero-order valence-corrected chi connectivity index (χ0v) is 14.8. The molecule has 26 heavy (non-hydrogen) atoms. The van der Waals surface area contributed by atoms with Gasteiger partial charge in [-0.3, -0.25) is 9.59 Å². The average molecular weight is 353 g/mol. The van der Waals surface area contributed by atoms with E-state index in [1.165, 1.54) is 0 Å². The number of aliphatic hydroxyl groups is 1. The monoisotopic (exact) mass is 353 g/mol. The maximum absolute atomic E-state index is 12.8. The van der Waals surface area contributed by atoms with Gasteiger partial charge in [0.2, 0.25) is 0 Å². The molecule has 2 aromatic carbocycles. The first kappa shape index (κ1) is 18.1. The maximum Gasteiger partial charge on any atom is 0.258 e. The highest BCUT2D eigenvalue weighted by molar-refractivity contribution is 5.95. The van der Waals surface area contributed by atoms with Crippen molar-refractivity contribution in [1.29, 1.82) is 0 Å². The number of nitrogens with two attached hydrogens (primary N) is 1. The Kier molecular flexibility index (Phi) is 5.06. The lowest BCUT2D eigenvalue weighted by Gasteiger charge is -2.32. The quantitative estimate of drug-likeness (QED) is 0.851. The standard InChI is InChI=1S/C20H23N3O3/c1-22-10-12-23(13-11-22)18(24)15-6-5-9-17(14-15)20(26,19(21)25)16-7-3-2-4-8-16/h2-9,14,26H,10-13H2,1H3,(H2,21,25). The number of hydrogen-bond acceptors (Lipinski definition) is 4.